The molecule has 0 aromatic heterocycles. The third-order valence-corrected chi connectivity index (χ3v) is 6.36. The lowest BCUT2D eigenvalue weighted by Crippen LogP contribution is -2.36. The van der Waals surface area contributed by atoms with Gasteiger partial charge in [0.2, 0.25) is 0 Å². The Morgan fingerprint density at radius 3 is 1.73 bits per heavy atom. The third-order valence-electron chi connectivity index (χ3n) is 6.36. The zero-order valence-electron chi connectivity index (χ0n) is 19.0. The molecule has 0 rings (SSSR count). The van der Waals surface area contributed by atoms with Crippen molar-refractivity contribution in [1.29, 1.82) is 0 Å². The Kier molecular flexibility index (Phi) is 17.0. The highest BCUT2D eigenvalue weighted by atomic mass is 14.9. The predicted molar refractivity (Wildman–Crippen MR) is 120 cm³/mol. The van der Waals surface area contributed by atoms with Gasteiger partial charge in [-0.3, -0.25) is 0 Å². The van der Waals surface area contributed by atoms with E-state index in [0.717, 1.165) is 12.5 Å². The summed E-state index contributed by atoms with van der Waals surface area (Å²) in [5, 5.41) is 3.93. The van der Waals surface area contributed by atoms with Crippen molar-refractivity contribution >= 4 is 0 Å². The maximum absolute atomic E-state index is 5.54. The van der Waals surface area contributed by atoms with E-state index in [2.05, 4.69) is 39.9 Å². The highest BCUT2D eigenvalue weighted by molar-refractivity contribution is 4.78. The van der Waals surface area contributed by atoms with Gasteiger partial charge in [0.05, 0.1) is 0 Å². The topological polar surface area (TPSA) is 38.0 Å². The molecule has 0 aromatic rings. The molecular weight excluding hydrogens is 316 g/mol. The molecule has 0 saturated heterocycles. The predicted octanol–water partition coefficient (Wildman–Crippen LogP) is 7.07. The molecule has 0 aliphatic heterocycles. The fraction of sp³-hybridized carbons (Fsp3) is 1.00. The fourth-order valence-corrected chi connectivity index (χ4v) is 3.77. The minimum absolute atomic E-state index is 0.467. The number of nitrogens with one attached hydrogen (secondary N) is 1. The molecule has 26 heavy (non-hydrogen) atoms. The minimum atomic E-state index is 0.467. The summed E-state index contributed by atoms with van der Waals surface area (Å²) in [5.74, 6) is 0.849. The van der Waals surface area contributed by atoms with Crippen molar-refractivity contribution in [3.8, 4) is 0 Å². The zero-order chi connectivity index (χ0) is 19.7. The lowest BCUT2D eigenvalue weighted by molar-refractivity contribution is 0.251. The van der Waals surface area contributed by atoms with Gasteiger partial charge < -0.3 is 11.1 Å². The maximum atomic E-state index is 5.54. The molecule has 0 amide bonds. The van der Waals surface area contributed by atoms with Crippen LogP contribution in [0.25, 0.3) is 0 Å². The lowest BCUT2D eigenvalue weighted by atomic mass is 9.82. The number of hydrogen-bond donors (Lipinski definition) is 2. The van der Waals surface area contributed by atoms with Crippen LogP contribution in [0.1, 0.15) is 125 Å². The summed E-state index contributed by atoms with van der Waals surface area (Å²) in [7, 11) is 0. The monoisotopic (exact) mass is 368 g/mol. The quantitative estimate of drug-likeness (QED) is 0.239. The molecule has 0 aliphatic carbocycles. The average Bonchev–Trinajstić information content (AvgIpc) is 2.63. The van der Waals surface area contributed by atoms with Crippen molar-refractivity contribution in [1.82, 2.24) is 5.32 Å². The summed E-state index contributed by atoms with van der Waals surface area (Å²) in [4.78, 5) is 0. The SMILES string of the molecule is CCC(CC)CNC(CCCCCCCCCCCN)CC(C)(C)CC. The van der Waals surface area contributed by atoms with E-state index in [9.17, 15) is 0 Å². The van der Waals surface area contributed by atoms with Crippen LogP contribution in [0.2, 0.25) is 0 Å². The van der Waals surface area contributed by atoms with E-state index < -0.39 is 0 Å². The van der Waals surface area contributed by atoms with Crippen LogP contribution >= 0.6 is 0 Å². The summed E-state index contributed by atoms with van der Waals surface area (Å²) in [5.41, 5.74) is 6.01. The third kappa shape index (κ3) is 15.0. The first-order valence-corrected chi connectivity index (χ1v) is 11.9. The van der Waals surface area contributed by atoms with E-state index in [0.29, 0.717) is 11.5 Å². The zero-order valence-corrected chi connectivity index (χ0v) is 19.0. The normalized spacial score (nSPS) is 13.5. The highest BCUT2D eigenvalue weighted by Crippen LogP contribution is 2.28. The van der Waals surface area contributed by atoms with Gasteiger partial charge in [-0.25, -0.2) is 0 Å². The molecular formula is C24H52N2. The van der Waals surface area contributed by atoms with Crippen LogP contribution in [0.15, 0.2) is 0 Å². The molecule has 0 spiro atoms. The Morgan fingerprint density at radius 2 is 1.27 bits per heavy atom. The first-order chi connectivity index (χ1) is 12.5. The molecule has 3 N–H and O–H groups in total. The largest absolute Gasteiger partial charge is 0.330 e. The van der Waals surface area contributed by atoms with Gasteiger partial charge in [-0.1, -0.05) is 105 Å². The molecule has 0 bridgehead atoms. The highest BCUT2D eigenvalue weighted by Gasteiger charge is 2.21. The Labute approximate surface area is 166 Å². The smallest absolute Gasteiger partial charge is 0.00722 e. The number of unbranched alkanes of at least 4 members (excludes halogenated alkanes) is 8. The lowest BCUT2D eigenvalue weighted by Gasteiger charge is -2.30. The van der Waals surface area contributed by atoms with Crippen LogP contribution < -0.4 is 11.1 Å². The second-order valence-corrected chi connectivity index (χ2v) is 9.27. The second-order valence-electron chi connectivity index (χ2n) is 9.27. The number of hydrogen-bond acceptors (Lipinski definition) is 2. The molecule has 1 atom stereocenters. The molecule has 0 aromatic carbocycles. The Morgan fingerprint density at radius 1 is 0.769 bits per heavy atom. The van der Waals surface area contributed by atoms with Gasteiger partial charge in [0.1, 0.15) is 0 Å². The van der Waals surface area contributed by atoms with Gasteiger partial charge in [0, 0.05) is 6.04 Å². The molecule has 0 fully saturated rings. The van der Waals surface area contributed by atoms with Crippen molar-refractivity contribution in [2.45, 2.75) is 131 Å². The first-order valence-electron chi connectivity index (χ1n) is 11.9. The van der Waals surface area contributed by atoms with Gasteiger partial charge in [0.25, 0.3) is 0 Å². The van der Waals surface area contributed by atoms with Gasteiger partial charge >= 0.3 is 0 Å². The number of rotatable bonds is 19. The van der Waals surface area contributed by atoms with Crippen LogP contribution in [0.5, 0.6) is 0 Å². The summed E-state index contributed by atoms with van der Waals surface area (Å²) in [6.45, 7) is 13.9. The van der Waals surface area contributed by atoms with Crippen molar-refractivity contribution in [2.24, 2.45) is 17.1 Å². The van der Waals surface area contributed by atoms with Crippen molar-refractivity contribution in [3.05, 3.63) is 0 Å². The molecule has 2 heteroatoms. The molecule has 1 unspecified atom stereocenters. The Hall–Kier alpha value is -0.0800. The van der Waals surface area contributed by atoms with E-state index in [1.54, 1.807) is 0 Å². The van der Waals surface area contributed by atoms with E-state index in [1.165, 1.54) is 96.4 Å². The number of nitrogens with two attached hydrogens (primary N) is 1. The summed E-state index contributed by atoms with van der Waals surface area (Å²) in [6, 6.07) is 0.710. The Bertz CT molecular complexity index is 284. The van der Waals surface area contributed by atoms with Crippen molar-refractivity contribution in [3.63, 3.8) is 0 Å². The van der Waals surface area contributed by atoms with Crippen LogP contribution in [0.4, 0.5) is 0 Å². The molecule has 2 nitrogen and oxygen atoms in total. The van der Waals surface area contributed by atoms with E-state index in [-0.39, 0.29) is 0 Å². The molecule has 0 aliphatic rings. The van der Waals surface area contributed by atoms with Crippen molar-refractivity contribution in [2.75, 3.05) is 13.1 Å². The van der Waals surface area contributed by atoms with Gasteiger partial charge in [-0.15, -0.1) is 0 Å². The summed E-state index contributed by atoms with van der Waals surface area (Å²) in [6.07, 6.45) is 19.0. The summed E-state index contributed by atoms with van der Waals surface area (Å²) < 4.78 is 0. The minimum Gasteiger partial charge on any atom is -0.330 e. The van der Waals surface area contributed by atoms with Gasteiger partial charge in [-0.05, 0) is 43.7 Å². The van der Waals surface area contributed by atoms with Crippen LogP contribution in [0, 0.1) is 11.3 Å². The first kappa shape index (κ1) is 25.9. The van der Waals surface area contributed by atoms with Gasteiger partial charge in [0.15, 0.2) is 0 Å². The molecule has 158 valence electrons. The van der Waals surface area contributed by atoms with Crippen molar-refractivity contribution < 1.29 is 0 Å². The Balaban J connectivity index is 3.95. The van der Waals surface area contributed by atoms with E-state index in [1.807, 2.05) is 0 Å². The van der Waals surface area contributed by atoms with Gasteiger partial charge in [-0.2, -0.15) is 0 Å². The van der Waals surface area contributed by atoms with E-state index >= 15 is 0 Å². The average molecular weight is 369 g/mol. The maximum Gasteiger partial charge on any atom is 0.00722 e. The van der Waals surface area contributed by atoms with Crippen LogP contribution in [0.3, 0.4) is 0 Å². The summed E-state index contributed by atoms with van der Waals surface area (Å²) >= 11 is 0. The van der Waals surface area contributed by atoms with E-state index in [4.69, 9.17) is 5.73 Å². The molecule has 0 heterocycles. The second kappa shape index (κ2) is 17.0. The molecule has 0 saturated carbocycles. The van der Waals surface area contributed by atoms with Crippen LogP contribution in [-0.4, -0.2) is 19.1 Å². The van der Waals surface area contributed by atoms with Crippen LogP contribution in [-0.2, 0) is 0 Å². The standard InChI is InChI=1S/C24H52N2/c1-6-22(7-2)21-26-23(20-24(4,5)8-3)18-16-14-12-10-9-11-13-15-17-19-25/h22-23,26H,6-21,25H2,1-5H3. The molecule has 0 radical (unpaired) electrons. The fourth-order valence-electron chi connectivity index (χ4n) is 3.77.